The molecule has 0 radical (unpaired) electrons. The van der Waals surface area contributed by atoms with Crippen LogP contribution in [0.3, 0.4) is 0 Å². The summed E-state index contributed by atoms with van der Waals surface area (Å²) in [5.74, 6) is 0. The van der Waals surface area contributed by atoms with Crippen LogP contribution in [-0.4, -0.2) is 29.1 Å². The predicted octanol–water partition coefficient (Wildman–Crippen LogP) is 1.71. The molecule has 0 saturated carbocycles. The molecule has 0 bridgehead atoms. The Morgan fingerprint density at radius 2 is 2.19 bits per heavy atom. The quantitative estimate of drug-likeness (QED) is 0.836. The molecule has 1 saturated heterocycles. The van der Waals surface area contributed by atoms with Crippen molar-refractivity contribution in [1.29, 1.82) is 5.26 Å². The van der Waals surface area contributed by atoms with Gasteiger partial charge in [0.05, 0.1) is 18.2 Å². The van der Waals surface area contributed by atoms with Crippen LogP contribution in [0.1, 0.15) is 24.5 Å². The summed E-state index contributed by atoms with van der Waals surface area (Å²) >= 11 is 0. The molecule has 1 aromatic rings. The zero-order chi connectivity index (χ0) is 11.4. The topological polar surface area (TPSA) is 47.3 Å². The molecule has 1 aliphatic rings. The van der Waals surface area contributed by atoms with E-state index >= 15 is 0 Å². The summed E-state index contributed by atoms with van der Waals surface area (Å²) < 4.78 is 0. The Kier molecular flexibility index (Phi) is 3.55. The van der Waals surface area contributed by atoms with E-state index in [2.05, 4.69) is 11.0 Å². The highest BCUT2D eigenvalue weighted by Gasteiger charge is 2.26. The average molecular weight is 216 g/mol. The summed E-state index contributed by atoms with van der Waals surface area (Å²) in [4.78, 5) is 2.07. The van der Waals surface area contributed by atoms with Crippen LogP contribution < -0.4 is 0 Å². The van der Waals surface area contributed by atoms with Crippen LogP contribution in [0.25, 0.3) is 0 Å². The number of β-amino-alcohol motifs (C(OH)–C–C–N with tert-alkyl or cyclic N) is 1. The molecule has 1 N–H and O–H groups in total. The lowest BCUT2D eigenvalue weighted by Gasteiger charge is -2.22. The smallest absolute Gasteiger partial charge is 0.0979 e. The van der Waals surface area contributed by atoms with E-state index in [0.29, 0.717) is 6.54 Å². The summed E-state index contributed by atoms with van der Waals surface area (Å²) in [6, 6.07) is 11.9. The van der Waals surface area contributed by atoms with Crippen LogP contribution in [-0.2, 0) is 0 Å². The third kappa shape index (κ3) is 2.41. The van der Waals surface area contributed by atoms with Crippen molar-refractivity contribution >= 4 is 0 Å². The lowest BCUT2D eigenvalue weighted by molar-refractivity contribution is 0.116. The van der Waals surface area contributed by atoms with Gasteiger partial charge in [0.15, 0.2) is 0 Å². The Labute approximate surface area is 95.9 Å². The molecule has 0 spiro atoms. The van der Waals surface area contributed by atoms with Gasteiger partial charge in [0.1, 0.15) is 0 Å². The molecule has 2 unspecified atom stereocenters. The normalized spacial score (nSPS) is 22.9. The molecule has 3 nitrogen and oxygen atoms in total. The fraction of sp³-hybridized carbons (Fsp3) is 0.462. The van der Waals surface area contributed by atoms with Gasteiger partial charge in [-0.1, -0.05) is 30.3 Å². The van der Waals surface area contributed by atoms with Crippen molar-refractivity contribution in [2.45, 2.75) is 25.0 Å². The van der Waals surface area contributed by atoms with Gasteiger partial charge in [-0.2, -0.15) is 5.26 Å². The van der Waals surface area contributed by atoms with Crippen molar-refractivity contribution in [1.82, 2.24) is 4.90 Å². The minimum atomic E-state index is -0.491. The maximum Gasteiger partial charge on any atom is 0.0979 e. The van der Waals surface area contributed by atoms with Gasteiger partial charge in [0, 0.05) is 6.54 Å². The second-order valence-corrected chi connectivity index (χ2v) is 4.21. The van der Waals surface area contributed by atoms with Gasteiger partial charge < -0.3 is 5.11 Å². The van der Waals surface area contributed by atoms with Crippen LogP contribution in [0, 0.1) is 11.3 Å². The van der Waals surface area contributed by atoms with E-state index in [1.54, 1.807) is 0 Å². The number of aliphatic hydroxyl groups is 1. The zero-order valence-corrected chi connectivity index (χ0v) is 9.21. The number of aliphatic hydroxyl groups excluding tert-OH is 1. The summed E-state index contributed by atoms with van der Waals surface area (Å²) in [6.07, 6.45) is 1.49. The monoisotopic (exact) mass is 216 g/mol. The van der Waals surface area contributed by atoms with Crippen molar-refractivity contribution in [2.75, 3.05) is 13.1 Å². The van der Waals surface area contributed by atoms with Gasteiger partial charge in [-0.05, 0) is 24.9 Å². The Morgan fingerprint density at radius 3 is 2.88 bits per heavy atom. The van der Waals surface area contributed by atoms with Crippen LogP contribution in [0.4, 0.5) is 0 Å². The Hall–Kier alpha value is -1.37. The number of hydrogen-bond donors (Lipinski definition) is 1. The fourth-order valence-electron chi connectivity index (χ4n) is 2.19. The largest absolute Gasteiger partial charge is 0.387 e. The van der Waals surface area contributed by atoms with E-state index in [-0.39, 0.29) is 6.04 Å². The summed E-state index contributed by atoms with van der Waals surface area (Å²) in [5, 5.41) is 19.0. The van der Waals surface area contributed by atoms with Crippen molar-refractivity contribution in [3.8, 4) is 6.07 Å². The van der Waals surface area contributed by atoms with E-state index in [1.807, 2.05) is 30.3 Å². The molecular formula is C13H16N2O. The number of nitrogens with zero attached hydrogens (tertiary/aromatic N) is 2. The molecule has 16 heavy (non-hydrogen) atoms. The van der Waals surface area contributed by atoms with Gasteiger partial charge in [0.2, 0.25) is 0 Å². The summed E-state index contributed by atoms with van der Waals surface area (Å²) in [6.45, 7) is 1.48. The first-order valence-corrected chi connectivity index (χ1v) is 5.68. The van der Waals surface area contributed by atoms with E-state index in [0.717, 1.165) is 24.9 Å². The first-order valence-electron chi connectivity index (χ1n) is 5.68. The lowest BCUT2D eigenvalue weighted by atomic mass is 10.1. The van der Waals surface area contributed by atoms with Crippen LogP contribution in [0.2, 0.25) is 0 Å². The number of rotatable bonds is 3. The van der Waals surface area contributed by atoms with E-state index < -0.39 is 6.10 Å². The maximum atomic E-state index is 10.0. The van der Waals surface area contributed by atoms with Crippen LogP contribution in [0.5, 0.6) is 0 Å². The average Bonchev–Trinajstić information content (AvgIpc) is 2.77. The highest BCUT2D eigenvalue weighted by atomic mass is 16.3. The SMILES string of the molecule is N#CC1CCCN1CC(O)c1ccccc1. The maximum absolute atomic E-state index is 10.0. The van der Waals surface area contributed by atoms with E-state index in [4.69, 9.17) is 5.26 Å². The van der Waals surface area contributed by atoms with E-state index in [9.17, 15) is 5.11 Å². The standard InChI is InChI=1S/C13H16N2O/c14-9-12-7-4-8-15(12)10-13(16)11-5-2-1-3-6-11/h1-3,5-6,12-13,16H,4,7-8,10H2. The molecule has 3 heteroatoms. The number of hydrogen-bond acceptors (Lipinski definition) is 3. The summed E-state index contributed by atoms with van der Waals surface area (Å²) in [7, 11) is 0. The van der Waals surface area contributed by atoms with Gasteiger partial charge in [0.25, 0.3) is 0 Å². The molecule has 1 fully saturated rings. The van der Waals surface area contributed by atoms with Gasteiger partial charge in [-0.3, -0.25) is 4.90 Å². The molecule has 0 aliphatic carbocycles. The number of nitriles is 1. The third-order valence-electron chi connectivity index (χ3n) is 3.10. The van der Waals surface area contributed by atoms with Gasteiger partial charge in [-0.15, -0.1) is 0 Å². The molecule has 0 aromatic heterocycles. The molecule has 84 valence electrons. The van der Waals surface area contributed by atoms with Crippen molar-refractivity contribution < 1.29 is 5.11 Å². The fourth-order valence-corrected chi connectivity index (χ4v) is 2.19. The Bertz CT molecular complexity index is 371. The van der Waals surface area contributed by atoms with Crippen LogP contribution >= 0.6 is 0 Å². The zero-order valence-electron chi connectivity index (χ0n) is 9.21. The first kappa shape index (κ1) is 11.1. The molecule has 1 aliphatic heterocycles. The third-order valence-corrected chi connectivity index (χ3v) is 3.10. The minimum absolute atomic E-state index is 0.0154. The molecule has 1 aromatic carbocycles. The van der Waals surface area contributed by atoms with Crippen molar-refractivity contribution in [2.24, 2.45) is 0 Å². The van der Waals surface area contributed by atoms with E-state index in [1.165, 1.54) is 0 Å². The predicted molar refractivity (Wildman–Crippen MR) is 61.6 cm³/mol. The lowest BCUT2D eigenvalue weighted by Crippen LogP contribution is -2.32. The van der Waals surface area contributed by atoms with Crippen LogP contribution in [0.15, 0.2) is 30.3 Å². The highest BCUT2D eigenvalue weighted by Crippen LogP contribution is 2.21. The second-order valence-electron chi connectivity index (χ2n) is 4.21. The Morgan fingerprint density at radius 1 is 1.44 bits per heavy atom. The van der Waals surface area contributed by atoms with Gasteiger partial charge in [-0.25, -0.2) is 0 Å². The van der Waals surface area contributed by atoms with Crippen molar-refractivity contribution in [3.05, 3.63) is 35.9 Å². The molecule has 1 heterocycles. The molecule has 2 rings (SSSR count). The molecule has 0 amide bonds. The minimum Gasteiger partial charge on any atom is -0.387 e. The summed E-state index contributed by atoms with van der Waals surface area (Å²) in [5.41, 5.74) is 0.922. The highest BCUT2D eigenvalue weighted by molar-refractivity contribution is 5.17. The second kappa shape index (κ2) is 5.11. The van der Waals surface area contributed by atoms with Crippen molar-refractivity contribution in [3.63, 3.8) is 0 Å². The Balaban J connectivity index is 1.98. The molecular weight excluding hydrogens is 200 g/mol. The number of benzene rings is 1. The first-order chi connectivity index (χ1) is 7.81. The number of likely N-dealkylation sites (tertiary alicyclic amines) is 1. The van der Waals surface area contributed by atoms with Gasteiger partial charge >= 0.3 is 0 Å². The molecule has 2 atom stereocenters.